The minimum Gasteiger partial charge on any atom is -0.445 e. The van der Waals surface area contributed by atoms with Gasteiger partial charge in [0, 0.05) is 12.0 Å². The van der Waals surface area contributed by atoms with E-state index in [1.54, 1.807) is 0 Å². The minimum atomic E-state index is -0.336. The summed E-state index contributed by atoms with van der Waals surface area (Å²) in [6.45, 7) is 5.54. The molecule has 0 bridgehead atoms. The molecule has 4 nitrogen and oxygen atoms in total. The van der Waals surface area contributed by atoms with Gasteiger partial charge in [-0.15, -0.1) is 0 Å². The summed E-state index contributed by atoms with van der Waals surface area (Å²) < 4.78 is 6.40. The van der Waals surface area contributed by atoms with Crippen LogP contribution in [0.3, 0.4) is 0 Å². The Kier molecular flexibility index (Phi) is 6.88. The Balaban J connectivity index is 1.76. The van der Waals surface area contributed by atoms with Crippen molar-refractivity contribution in [2.75, 3.05) is 20.6 Å². The standard InChI is InChI=1S/C21H34N2O2/c1-21(2,15-16-23(3,4)19-13-9-6-10-14-19)22-20(24)25-17-18-11-7-5-8-12-18/h5,7-8,11-12,19H,6,9-10,13-17H2,1-4H3/p+1. The number of nitrogens with zero attached hydrogens (tertiary/aromatic N) is 1. The third-order valence-electron chi connectivity index (χ3n) is 5.53. The number of quaternary nitrogens is 1. The van der Waals surface area contributed by atoms with Crippen molar-refractivity contribution >= 4 is 6.09 Å². The Morgan fingerprint density at radius 2 is 1.80 bits per heavy atom. The second-order valence-corrected chi connectivity index (χ2v) is 8.61. The van der Waals surface area contributed by atoms with E-state index in [9.17, 15) is 4.79 Å². The Morgan fingerprint density at radius 1 is 1.16 bits per heavy atom. The van der Waals surface area contributed by atoms with Crippen molar-refractivity contribution in [2.45, 2.75) is 70.6 Å². The van der Waals surface area contributed by atoms with Crippen LogP contribution < -0.4 is 5.32 Å². The van der Waals surface area contributed by atoms with Gasteiger partial charge in [-0.25, -0.2) is 4.79 Å². The summed E-state index contributed by atoms with van der Waals surface area (Å²) in [4.78, 5) is 12.1. The maximum Gasteiger partial charge on any atom is 0.407 e. The highest BCUT2D eigenvalue weighted by Crippen LogP contribution is 2.27. The van der Waals surface area contributed by atoms with Crippen molar-refractivity contribution in [2.24, 2.45) is 0 Å². The van der Waals surface area contributed by atoms with Gasteiger partial charge in [0.1, 0.15) is 6.61 Å². The van der Waals surface area contributed by atoms with E-state index in [1.165, 1.54) is 32.1 Å². The number of amides is 1. The largest absolute Gasteiger partial charge is 0.445 e. The number of hydrogen-bond donors (Lipinski definition) is 1. The van der Waals surface area contributed by atoms with E-state index in [-0.39, 0.29) is 11.6 Å². The van der Waals surface area contributed by atoms with Gasteiger partial charge in [0.2, 0.25) is 0 Å². The molecule has 1 aromatic rings. The lowest BCUT2D eigenvalue weighted by Crippen LogP contribution is -2.54. The van der Waals surface area contributed by atoms with Gasteiger partial charge in [0.25, 0.3) is 0 Å². The Bertz CT molecular complexity index is 534. The summed E-state index contributed by atoms with van der Waals surface area (Å²) in [6.07, 6.45) is 7.38. The van der Waals surface area contributed by atoms with Gasteiger partial charge in [-0.3, -0.25) is 0 Å². The summed E-state index contributed by atoms with van der Waals surface area (Å²) in [5.41, 5.74) is 0.739. The van der Waals surface area contributed by atoms with Gasteiger partial charge in [0.15, 0.2) is 0 Å². The fraction of sp³-hybridized carbons (Fsp3) is 0.667. The fourth-order valence-electron chi connectivity index (χ4n) is 3.63. The van der Waals surface area contributed by atoms with Crippen LogP contribution in [0.15, 0.2) is 30.3 Å². The zero-order valence-corrected chi connectivity index (χ0v) is 16.4. The van der Waals surface area contributed by atoms with E-state index in [0.717, 1.165) is 29.1 Å². The molecule has 1 aliphatic rings. The molecule has 0 aliphatic heterocycles. The van der Waals surface area contributed by atoms with Crippen molar-refractivity contribution in [3.8, 4) is 0 Å². The number of nitrogens with one attached hydrogen (secondary N) is 1. The topological polar surface area (TPSA) is 38.3 Å². The average molecular weight is 348 g/mol. The monoisotopic (exact) mass is 347 g/mol. The molecule has 25 heavy (non-hydrogen) atoms. The van der Waals surface area contributed by atoms with Crippen LogP contribution >= 0.6 is 0 Å². The van der Waals surface area contributed by atoms with E-state index in [1.807, 2.05) is 30.3 Å². The van der Waals surface area contributed by atoms with Gasteiger partial charge in [-0.05, 0) is 45.1 Å². The van der Waals surface area contributed by atoms with Crippen molar-refractivity contribution in [3.05, 3.63) is 35.9 Å². The fourth-order valence-corrected chi connectivity index (χ4v) is 3.63. The summed E-state index contributed by atoms with van der Waals surface area (Å²) in [6, 6.07) is 10.5. The third kappa shape index (κ3) is 6.69. The number of hydrogen-bond acceptors (Lipinski definition) is 2. The molecule has 0 unspecified atom stereocenters. The first-order valence-corrected chi connectivity index (χ1v) is 9.60. The van der Waals surface area contributed by atoms with Gasteiger partial charge in [-0.1, -0.05) is 36.8 Å². The van der Waals surface area contributed by atoms with Crippen LogP contribution in [0.2, 0.25) is 0 Å². The zero-order valence-electron chi connectivity index (χ0n) is 16.4. The smallest absolute Gasteiger partial charge is 0.407 e. The molecule has 140 valence electrons. The van der Waals surface area contributed by atoms with Crippen LogP contribution in [0, 0.1) is 0 Å². The summed E-state index contributed by atoms with van der Waals surface area (Å²) in [7, 11) is 4.67. The van der Waals surface area contributed by atoms with Crippen LogP contribution in [-0.2, 0) is 11.3 Å². The summed E-state index contributed by atoms with van der Waals surface area (Å²) in [5, 5.41) is 3.03. The number of alkyl carbamates (subject to hydrolysis) is 1. The molecule has 2 rings (SSSR count). The molecule has 0 aromatic heterocycles. The lowest BCUT2D eigenvalue weighted by Gasteiger charge is -2.42. The van der Waals surface area contributed by atoms with Crippen LogP contribution in [0.25, 0.3) is 0 Å². The summed E-state index contributed by atoms with van der Waals surface area (Å²) in [5.74, 6) is 0. The van der Waals surface area contributed by atoms with Crippen molar-refractivity contribution < 1.29 is 14.0 Å². The van der Waals surface area contributed by atoms with Gasteiger partial charge in [-0.2, -0.15) is 0 Å². The summed E-state index contributed by atoms with van der Waals surface area (Å²) >= 11 is 0. The van der Waals surface area contributed by atoms with Crippen molar-refractivity contribution in [1.29, 1.82) is 0 Å². The number of ether oxygens (including phenoxy) is 1. The van der Waals surface area contributed by atoms with E-state index < -0.39 is 0 Å². The zero-order chi connectivity index (χ0) is 18.3. The molecule has 0 atom stereocenters. The van der Waals surface area contributed by atoms with Crippen LogP contribution in [0.4, 0.5) is 4.79 Å². The molecular formula is C21H35N2O2+. The molecule has 0 heterocycles. The van der Waals surface area contributed by atoms with Gasteiger partial charge < -0.3 is 14.5 Å². The molecular weight excluding hydrogens is 312 g/mol. The molecule has 1 aliphatic carbocycles. The van der Waals surface area contributed by atoms with E-state index >= 15 is 0 Å². The maximum atomic E-state index is 12.1. The number of carbonyl (C=O) groups is 1. The average Bonchev–Trinajstić information content (AvgIpc) is 2.60. The SMILES string of the molecule is CC(C)(CC[N+](C)(C)C1CCCCC1)NC(=O)OCc1ccccc1. The van der Waals surface area contributed by atoms with Crippen LogP contribution in [-0.4, -0.2) is 42.8 Å². The molecule has 1 saturated carbocycles. The van der Waals surface area contributed by atoms with E-state index in [0.29, 0.717) is 6.61 Å². The van der Waals surface area contributed by atoms with Crippen LogP contribution in [0.5, 0.6) is 0 Å². The van der Waals surface area contributed by atoms with Crippen molar-refractivity contribution in [3.63, 3.8) is 0 Å². The Labute approximate surface area is 153 Å². The molecule has 1 aromatic carbocycles. The van der Waals surface area contributed by atoms with E-state index in [4.69, 9.17) is 4.74 Å². The minimum absolute atomic E-state index is 0.266. The highest BCUT2D eigenvalue weighted by molar-refractivity contribution is 5.68. The Morgan fingerprint density at radius 3 is 2.44 bits per heavy atom. The highest BCUT2D eigenvalue weighted by Gasteiger charge is 2.32. The molecule has 0 spiro atoms. The lowest BCUT2D eigenvalue weighted by molar-refractivity contribution is -0.917. The predicted octanol–water partition coefficient (Wildman–Crippen LogP) is 4.49. The molecule has 0 radical (unpaired) electrons. The molecule has 1 N–H and O–H groups in total. The first-order chi connectivity index (χ1) is 11.8. The third-order valence-corrected chi connectivity index (χ3v) is 5.53. The molecule has 0 saturated heterocycles. The second-order valence-electron chi connectivity index (χ2n) is 8.61. The highest BCUT2D eigenvalue weighted by atomic mass is 16.5. The van der Waals surface area contributed by atoms with Crippen molar-refractivity contribution in [1.82, 2.24) is 5.32 Å². The molecule has 1 fully saturated rings. The lowest BCUT2D eigenvalue weighted by atomic mass is 9.92. The Hall–Kier alpha value is -1.55. The molecule has 1 amide bonds. The first-order valence-electron chi connectivity index (χ1n) is 9.60. The quantitative estimate of drug-likeness (QED) is 0.738. The molecule has 4 heteroatoms. The predicted molar refractivity (Wildman–Crippen MR) is 102 cm³/mol. The number of benzene rings is 1. The number of carbonyl (C=O) groups excluding carboxylic acids is 1. The van der Waals surface area contributed by atoms with E-state index in [2.05, 4.69) is 33.3 Å². The normalized spacial score (nSPS) is 16.5. The van der Waals surface area contributed by atoms with Gasteiger partial charge in [0.05, 0.1) is 26.7 Å². The van der Waals surface area contributed by atoms with Gasteiger partial charge >= 0.3 is 6.09 Å². The second kappa shape index (κ2) is 8.70. The first kappa shape index (κ1) is 19.8. The van der Waals surface area contributed by atoms with Crippen LogP contribution in [0.1, 0.15) is 57.9 Å². The number of rotatable bonds is 7. The maximum absolute atomic E-state index is 12.1.